The van der Waals surface area contributed by atoms with Crippen LogP contribution in [0.5, 0.6) is 0 Å². The molecule has 2 amide bonds. The second-order valence-corrected chi connectivity index (χ2v) is 5.12. The Morgan fingerprint density at radius 1 is 1.14 bits per heavy atom. The van der Waals surface area contributed by atoms with E-state index >= 15 is 0 Å². The van der Waals surface area contributed by atoms with Crippen LogP contribution in [-0.4, -0.2) is 69.1 Å². The van der Waals surface area contributed by atoms with Crippen LogP contribution >= 0.6 is 0 Å². The van der Waals surface area contributed by atoms with E-state index in [1.807, 2.05) is 14.1 Å². The first-order chi connectivity index (χ1) is 10.5. The Kier molecular flexibility index (Phi) is 8.09. The number of ether oxygens (including phenoxy) is 1. The van der Waals surface area contributed by atoms with E-state index in [1.165, 1.54) is 18.5 Å². The summed E-state index contributed by atoms with van der Waals surface area (Å²) in [6.45, 7) is 2.34. The summed E-state index contributed by atoms with van der Waals surface area (Å²) in [5.41, 5.74) is 0.737. The maximum Gasteiger partial charge on any atom is 0.252 e. The third-order valence-corrected chi connectivity index (χ3v) is 2.92. The fourth-order valence-corrected chi connectivity index (χ4v) is 1.76. The van der Waals surface area contributed by atoms with E-state index in [4.69, 9.17) is 4.74 Å². The smallest absolute Gasteiger partial charge is 0.252 e. The zero-order valence-corrected chi connectivity index (χ0v) is 13.4. The van der Waals surface area contributed by atoms with Crippen molar-refractivity contribution in [1.82, 2.24) is 20.5 Å². The molecular formula is C15H24N4O3. The highest BCUT2D eigenvalue weighted by Gasteiger charge is 2.10. The van der Waals surface area contributed by atoms with Crippen LogP contribution in [0.15, 0.2) is 18.5 Å². The van der Waals surface area contributed by atoms with Crippen molar-refractivity contribution in [2.45, 2.75) is 6.42 Å². The molecule has 0 unspecified atom stereocenters. The monoisotopic (exact) mass is 308 g/mol. The normalized spacial score (nSPS) is 10.5. The van der Waals surface area contributed by atoms with Gasteiger partial charge in [-0.2, -0.15) is 0 Å². The van der Waals surface area contributed by atoms with Crippen molar-refractivity contribution in [2.75, 3.05) is 47.4 Å². The Morgan fingerprint density at radius 3 is 2.27 bits per heavy atom. The molecule has 1 aromatic rings. The van der Waals surface area contributed by atoms with Gasteiger partial charge in [-0.25, -0.2) is 0 Å². The average Bonchev–Trinajstić information content (AvgIpc) is 2.51. The van der Waals surface area contributed by atoms with E-state index in [9.17, 15) is 9.59 Å². The first-order valence-electron chi connectivity index (χ1n) is 7.19. The molecule has 0 bridgehead atoms. The van der Waals surface area contributed by atoms with E-state index in [0.29, 0.717) is 30.8 Å². The Hall–Kier alpha value is -1.99. The minimum Gasteiger partial charge on any atom is -0.383 e. The predicted molar refractivity (Wildman–Crippen MR) is 84.0 cm³/mol. The summed E-state index contributed by atoms with van der Waals surface area (Å²) in [6, 6.07) is 1.54. The summed E-state index contributed by atoms with van der Waals surface area (Å²) in [7, 11) is 5.53. The topological polar surface area (TPSA) is 83.6 Å². The number of carbonyl (C=O) groups excluding carboxylic acids is 2. The van der Waals surface area contributed by atoms with E-state index < -0.39 is 0 Å². The zero-order valence-electron chi connectivity index (χ0n) is 13.4. The van der Waals surface area contributed by atoms with Crippen LogP contribution < -0.4 is 10.6 Å². The number of carbonyl (C=O) groups is 2. The lowest BCUT2D eigenvalue weighted by Crippen LogP contribution is -2.29. The number of hydrogen-bond acceptors (Lipinski definition) is 5. The highest BCUT2D eigenvalue weighted by atomic mass is 16.5. The maximum absolute atomic E-state index is 12.0. The minimum absolute atomic E-state index is 0.224. The number of amides is 2. The standard InChI is InChI=1S/C15H24N4O3/c1-19(2)7-4-5-17-14(20)12-9-13(11-16-10-12)15(21)18-6-8-22-3/h9-11H,4-8H2,1-3H3,(H,17,20)(H,18,21). The molecule has 0 saturated heterocycles. The Bertz CT molecular complexity index is 491. The van der Waals surface area contributed by atoms with E-state index in [2.05, 4.69) is 20.5 Å². The molecule has 0 atom stereocenters. The predicted octanol–water partition coefficient (Wildman–Crippen LogP) is 0.139. The second-order valence-electron chi connectivity index (χ2n) is 5.12. The lowest BCUT2D eigenvalue weighted by atomic mass is 10.2. The zero-order chi connectivity index (χ0) is 16.4. The molecule has 0 aliphatic rings. The van der Waals surface area contributed by atoms with Crippen molar-refractivity contribution in [1.29, 1.82) is 0 Å². The largest absolute Gasteiger partial charge is 0.383 e. The molecule has 0 aromatic carbocycles. The van der Waals surface area contributed by atoms with Gasteiger partial charge in [-0.3, -0.25) is 14.6 Å². The fraction of sp³-hybridized carbons (Fsp3) is 0.533. The first kappa shape index (κ1) is 18.1. The lowest BCUT2D eigenvalue weighted by Gasteiger charge is -2.10. The number of nitrogens with one attached hydrogen (secondary N) is 2. The molecule has 1 rings (SSSR count). The summed E-state index contributed by atoms with van der Waals surface area (Å²) in [6.07, 6.45) is 3.75. The second kappa shape index (κ2) is 9.86. The van der Waals surface area contributed by atoms with Crippen LogP contribution in [0.2, 0.25) is 0 Å². The van der Waals surface area contributed by atoms with Crippen LogP contribution in [0, 0.1) is 0 Å². The molecule has 1 aromatic heterocycles. The average molecular weight is 308 g/mol. The molecule has 0 radical (unpaired) electrons. The first-order valence-corrected chi connectivity index (χ1v) is 7.19. The number of hydrogen-bond donors (Lipinski definition) is 2. The van der Waals surface area contributed by atoms with Gasteiger partial charge in [0.15, 0.2) is 0 Å². The van der Waals surface area contributed by atoms with Gasteiger partial charge in [-0.1, -0.05) is 0 Å². The minimum atomic E-state index is -0.271. The van der Waals surface area contributed by atoms with Gasteiger partial charge in [-0.15, -0.1) is 0 Å². The van der Waals surface area contributed by atoms with Crippen molar-refractivity contribution in [3.63, 3.8) is 0 Å². The van der Waals surface area contributed by atoms with Gasteiger partial charge < -0.3 is 20.3 Å². The Labute approximate surface area is 131 Å². The van der Waals surface area contributed by atoms with Crippen molar-refractivity contribution in [2.24, 2.45) is 0 Å². The summed E-state index contributed by atoms with van der Waals surface area (Å²) in [5.74, 6) is -0.496. The van der Waals surface area contributed by atoms with Crippen LogP contribution in [0.3, 0.4) is 0 Å². The van der Waals surface area contributed by atoms with Gasteiger partial charge in [0.25, 0.3) is 11.8 Å². The summed E-state index contributed by atoms with van der Waals surface area (Å²) >= 11 is 0. The summed E-state index contributed by atoms with van der Waals surface area (Å²) < 4.78 is 4.86. The van der Waals surface area contributed by atoms with Gasteiger partial charge in [0.05, 0.1) is 17.7 Å². The molecule has 0 aliphatic heterocycles. The third kappa shape index (κ3) is 6.64. The quantitative estimate of drug-likeness (QED) is 0.634. The molecule has 7 heteroatoms. The van der Waals surface area contributed by atoms with E-state index in [1.54, 1.807) is 7.11 Å². The highest BCUT2D eigenvalue weighted by Crippen LogP contribution is 2.03. The number of nitrogens with zero attached hydrogens (tertiary/aromatic N) is 2. The molecule has 0 fully saturated rings. The van der Waals surface area contributed by atoms with Crippen LogP contribution in [0.1, 0.15) is 27.1 Å². The van der Waals surface area contributed by atoms with E-state index in [-0.39, 0.29) is 11.8 Å². The number of aromatic nitrogens is 1. The molecule has 2 N–H and O–H groups in total. The van der Waals surface area contributed by atoms with E-state index in [0.717, 1.165) is 13.0 Å². The van der Waals surface area contributed by atoms with Gasteiger partial charge in [0.2, 0.25) is 0 Å². The van der Waals surface area contributed by atoms with Gasteiger partial charge in [0.1, 0.15) is 0 Å². The lowest BCUT2D eigenvalue weighted by molar-refractivity contribution is 0.0936. The summed E-state index contributed by atoms with van der Waals surface area (Å²) in [5, 5.41) is 5.51. The molecule has 0 aliphatic carbocycles. The molecule has 1 heterocycles. The van der Waals surface area contributed by atoms with Crippen molar-refractivity contribution in [3.8, 4) is 0 Å². The molecule has 22 heavy (non-hydrogen) atoms. The van der Waals surface area contributed by atoms with Crippen LogP contribution in [0.4, 0.5) is 0 Å². The molecule has 122 valence electrons. The fourth-order valence-electron chi connectivity index (χ4n) is 1.76. The van der Waals surface area contributed by atoms with Crippen LogP contribution in [-0.2, 0) is 4.74 Å². The molecular weight excluding hydrogens is 284 g/mol. The number of pyridine rings is 1. The summed E-state index contributed by atoms with van der Waals surface area (Å²) in [4.78, 5) is 29.9. The molecule has 0 spiro atoms. The van der Waals surface area contributed by atoms with Crippen molar-refractivity contribution < 1.29 is 14.3 Å². The van der Waals surface area contributed by atoms with Gasteiger partial charge in [0, 0.05) is 32.6 Å². The van der Waals surface area contributed by atoms with Gasteiger partial charge in [-0.05, 0) is 33.1 Å². The van der Waals surface area contributed by atoms with Crippen molar-refractivity contribution in [3.05, 3.63) is 29.6 Å². The van der Waals surface area contributed by atoms with Gasteiger partial charge >= 0.3 is 0 Å². The number of rotatable bonds is 9. The maximum atomic E-state index is 12.0. The Balaban J connectivity index is 2.52. The van der Waals surface area contributed by atoms with Crippen molar-refractivity contribution >= 4 is 11.8 Å². The SMILES string of the molecule is COCCNC(=O)c1cncc(C(=O)NCCCN(C)C)c1. The Morgan fingerprint density at radius 2 is 1.73 bits per heavy atom. The highest BCUT2D eigenvalue weighted by molar-refractivity contribution is 5.99. The third-order valence-electron chi connectivity index (χ3n) is 2.92. The van der Waals surface area contributed by atoms with Crippen LogP contribution in [0.25, 0.3) is 0 Å². The number of methoxy groups -OCH3 is 1. The molecule has 0 saturated carbocycles. The molecule has 7 nitrogen and oxygen atoms in total.